The van der Waals surface area contributed by atoms with E-state index in [1.165, 1.54) is 0 Å². The van der Waals surface area contributed by atoms with Gasteiger partial charge in [-0.1, -0.05) is 19.2 Å². The molecule has 0 unspecified atom stereocenters. The monoisotopic (exact) mass is 190 g/mol. The van der Waals surface area contributed by atoms with Gasteiger partial charge >= 0.3 is 0 Å². The van der Waals surface area contributed by atoms with Gasteiger partial charge in [-0.25, -0.2) is 0 Å². The molecular weight excluding hydrogens is 176 g/mol. The summed E-state index contributed by atoms with van der Waals surface area (Å²) in [6, 6.07) is 0. The van der Waals surface area contributed by atoms with Gasteiger partial charge in [0.1, 0.15) is 0 Å². The summed E-state index contributed by atoms with van der Waals surface area (Å²) in [5, 5.41) is 2.55. The molecule has 0 saturated heterocycles. The zero-order valence-corrected chi connectivity index (χ0v) is 7.77. The van der Waals surface area contributed by atoms with Crippen molar-refractivity contribution in [3.05, 3.63) is 0 Å². The molecule has 12 heavy (non-hydrogen) atoms. The molecule has 0 heterocycles. The zero-order valence-electron chi connectivity index (χ0n) is 6.88. The number of carbonyl (C=O) groups excluding carboxylic acids is 2. The van der Waals surface area contributed by atoms with E-state index in [0.29, 0.717) is 19.4 Å². The highest BCUT2D eigenvalue weighted by Gasteiger charge is 1.96. The zero-order chi connectivity index (χ0) is 9.23. The Bertz CT molecular complexity index is 141. The van der Waals surface area contributed by atoms with Crippen molar-refractivity contribution in [2.24, 2.45) is 0 Å². The van der Waals surface area contributed by atoms with Crippen LogP contribution < -0.4 is 10.0 Å². The maximum atomic E-state index is 10.6. The molecule has 0 aliphatic heterocycles. The Hall–Kier alpha value is -0.710. The van der Waals surface area contributed by atoms with Crippen LogP contribution in [-0.4, -0.2) is 18.9 Å². The second-order valence-electron chi connectivity index (χ2n) is 2.42. The Labute approximate surface area is 77.6 Å². The van der Waals surface area contributed by atoms with Gasteiger partial charge in [-0.15, -0.1) is 0 Å². The fraction of sp³-hybridized carbons (Fsp3) is 0.714. The highest BCUT2D eigenvalue weighted by atomic mass is 32.1. The van der Waals surface area contributed by atoms with Crippen molar-refractivity contribution in [1.82, 2.24) is 10.0 Å². The molecule has 0 aromatic carbocycles. The molecule has 0 aromatic rings. The highest BCUT2D eigenvalue weighted by Crippen LogP contribution is 1.98. The molecule has 0 saturated carbocycles. The summed E-state index contributed by atoms with van der Waals surface area (Å²) >= 11 is 3.62. The van der Waals surface area contributed by atoms with Crippen LogP contribution in [0.5, 0.6) is 0 Å². The predicted octanol–water partition coefficient (Wildman–Crippen LogP) is 0.254. The summed E-state index contributed by atoms with van der Waals surface area (Å²) in [5.41, 5.74) is 0. The molecule has 5 heteroatoms. The van der Waals surface area contributed by atoms with E-state index in [-0.39, 0.29) is 5.91 Å². The molecule has 0 atom stereocenters. The molecule has 0 aliphatic carbocycles. The van der Waals surface area contributed by atoms with Gasteiger partial charge in [-0.05, 0) is 12.8 Å². The number of nitrogens with one attached hydrogen (secondary N) is 2. The van der Waals surface area contributed by atoms with Crippen LogP contribution in [0.1, 0.15) is 25.7 Å². The van der Waals surface area contributed by atoms with E-state index in [0.717, 1.165) is 19.3 Å². The Morgan fingerprint density at radius 2 is 2.08 bits per heavy atom. The van der Waals surface area contributed by atoms with Crippen LogP contribution in [0.3, 0.4) is 0 Å². The third-order valence-electron chi connectivity index (χ3n) is 1.43. The van der Waals surface area contributed by atoms with Crippen molar-refractivity contribution in [3.63, 3.8) is 0 Å². The van der Waals surface area contributed by atoms with Crippen molar-refractivity contribution in [1.29, 1.82) is 0 Å². The van der Waals surface area contributed by atoms with Crippen LogP contribution in [-0.2, 0) is 9.59 Å². The number of unbranched alkanes of at least 4 members (excludes halogenated alkanes) is 2. The van der Waals surface area contributed by atoms with Crippen molar-refractivity contribution >= 4 is 25.1 Å². The minimum atomic E-state index is -0.0540. The van der Waals surface area contributed by atoms with E-state index < -0.39 is 0 Å². The maximum absolute atomic E-state index is 10.6. The van der Waals surface area contributed by atoms with Crippen molar-refractivity contribution < 1.29 is 9.59 Å². The van der Waals surface area contributed by atoms with Crippen LogP contribution in [0.4, 0.5) is 0 Å². The number of amides is 2. The first kappa shape index (κ1) is 11.3. The molecule has 0 aliphatic rings. The minimum Gasteiger partial charge on any atom is -0.359 e. The largest absolute Gasteiger partial charge is 0.359 e. The van der Waals surface area contributed by atoms with Gasteiger partial charge in [0, 0.05) is 13.0 Å². The minimum absolute atomic E-state index is 0.0540. The molecule has 70 valence electrons. The van der Waals surface area contributed by atoms with Crippen LogP contribution in [0.15, 0.2) is 0 Å². The molecule has 0 aromatic heterocycles. The first-order chi connectivity index (χ1) is 5.81. The number of carbonyl (C=O) groups is 2. The normalized spacial score (nSPS) is 9.08. The van der Waals surface area contributed by atoms with Crippen LogP contribution >= 0.6 is 12.8 Å². The van der Waals surface area contributed by atoms with Gasteiger partial charge in [0.05, 0.1) is 0 Å². The third kappa shape index (κ3) is 7.40. The van der Waals surface area contributed by atoms with Crippen molar-refractivity contribution in [3.8, 4) is 0 Å². The number of hydrogen-bond acceptors (Lipinski definition) is 3. The molecular formula is C7H14N2O2S. The second-order valence-corrected chi connectivity index (χ2v) is 2.64. The lowest BCUT2D eigenvalue weighted by Crippen LogP contribution is -2.13. The van der Waals surface area contributed by atoms with E-state index in [4.69, 9.17) is 0 Å². The molecule has 0 bridgehead atoms. The Kier molecular flexibility index (Phi) is 7.89. The average Bonchev–Trinajstić information content (AvgIpc) is 2.10. The van der Waals surface area contributed by atoms with E-state index >= 15 is 0 Å². The van der Waals surface area contributed by atoms with Crippen LogP contribution in [0, 0.1) is 0 Å². The molecule has 0 fully saturated rings. The van der Waals surface area contributed by atoms with Crippen molar-refractivity contribution in [2.45, 2.75) is 25.7 Å². The van der Waals surface area contributed by atoms with E-state index in [9.17, 15) is 9.59 Å². The van der Waals surface area contributed by atoms with Gasteiger partial charge < -0.3 is 10.0 Å². The smallest absolute Gasteiger partial charge is 0.229 e. The fourth-order valence-electron chi connectivity index (χ4n) is 0.804. The third-order valence-corrected chi connectivity index (χ3v) is 1.68. The summed E-state index contributed by atoms with van der Waals surface area (Å²) < 4.78 is 2.25. The van der Waals surface area contributed by atoms with Crippen LogP contribution in [0.25, 0.3) is 0 Å². The fourth-order valence-corrected chi connectivity index (χ4v) is 0.916. The summed E-state index contributed by atoms with van der Waals surface area (Å²) in [6.07, 6.45) is 3.89. The second kappa shape index (κ2) is 8.39. The van der Waals surface area contributed by atoms with Gasteiger partial charge in [0.2, 0.25) is 12.3 Å². The lowest BCUT2D eigenvalue weighted by atomic mass is 10.2. The lowest BCUT2D eigenvalue weighted by molar-refractivity contribution is -0.119. The first-order valence-corrected chi connectivity index (χ1v) is 4.36. The van der Waals surface area contributed by atoms with E-state index in [1.54, 1.807) is 0 Å². The van der Waals surface area contributed by atoms with Gasteiger partial charge in [-0.3, -0.25) is 9.59 Å². The number of hydrogen-bond donors (Lipinski definition) is 3. The van der Waals surface area contributed by atoms with Gasteiger partial charge in [-0.2, -0.15) is 0 Å². The average molecular weight is 190 g/mol. The summed E-state index contributed by atoms with van der Waals surface area (Å²) in [6.45, 7) is 0.687. The quantitative estimate of drug-likeness (QED) is 0.306. The Balaban J connectivity index is 3.00. The standard InChI is InChI=1S/C7H14N2O2S/c10-6-8-5-3-1-2-4-7(11)9-12/h6,12H,1-5H2,(H,8,10)(H,9,11). The Morgan fingerprint density at radius 1 is 1.33 bits per heavy atom. The summed E-state index contributed by atoms with van der Waals surface area (Å²) in [7, 11) is 0. The number of thiol groups is 1. The summed E-state index contributed by atoms with van der Waals surface area (Å²) in [4.78, 5) is 20.4. The Morgan fingerprint density at radius 3 is 2.67 bits per heavy atom. The molecule has 0 spiro atoms. The van der Waals surface area contributed by atoms with Gasteiger partial charge in [0.15, 0.2) is 0 Å². The molecule has 4 nitrogen and oxygen atoms in total. The molecule has 2 N–H and O–H groups in total. The molecule has 0 radical (unpaired) electrons. The SMILES string of the molecule is O=CNCCCCCC(=O)NS. The molecule has 2 amide bonds. The molecule has 0 rings (SSSR count). The van der Waals surface area contributed by atoms with Crippen LogP contribution in [0.2, 0.25) is 0 Å². The lowest BCUT2D eigenvalue weighted by Gasteiger charge is -1.99. The first-order valence-electron chi connectivity index (χ1n) is 3.91. The van der Waals surface area contributed by atoms with E-state index in [2.05, 4.69) is 22.9 Å². The predicted molar refractivity (Wildman–Crippen MR) is 49.7 cm³/mol. The van der Waals surface area contributed by atoms with Crippen molar-refractivity contribution in [2.75, 3.05) is 6.54 Å². The summed E-state index contributed by atoms with van der Waals surface area (Å²) in [5.74, 6) is -0.0540. The van der Waals surface area contributed by atoms with Gasteiger partial charge in [0.25, 0.3) is 0 Å². The topological polar surface area (TPSA) is 58.2 Å². The number of rotatable bonds is 7. The highest BCUT2D eigenvalue weighted by molar-refractivity contribution is 7.78. The van der Waals surface area contributed by atoms with E-state index in [1.807, 2.05) is 0 Å². The maximum Gasteiger partial charge on any atom is 0.229 e.